The van der Waals surface area contributed by atoms with E-state index < -0.39 is 0 Å². The highest BCUT2D eigenvalue weighted by Gasteiger charge is 2.17. The van der Waals surface area contributed by atoms with E-state index in [1.165, 1.54) is 4.88 Å². The molecule has 2 aromatic heterocycles. The molecule has 2 rings (SSSR count). The van der Waals surface area contributed by atoms with Gasteiger partial charge in [-0.05, 0) is 45.8 Å². The molecule has 1 amide bonds. The summed E-state index contributed by atoms with van der Waals surface area (Å²) in [4.78, 5) is 15.5. The van der Waals surface area contributed by atoms with Gasteiger partial charge in [0.05, 0.1) is 11.7 Å². The fraction of sp³-hybridized carbons (Fsp3) is 0.500. The minimum Gasteiger partial charge on any atom is -0.361 e. The molecule has 0 radical (unpaired) electrons. The summed E-state index contributed by atoms with van der Waals surface area (Å²) in [6.45, 7) is 4.41. The summed E-state index contributed by atoms with van der Waals surface area (Å²) >= 11 is 1.71. The molecule has 5 nitrogen and oxygen atoms in total. The van der Waals surface area contributed by atoms with Gasteiger partial charge in [0.15, 0.2) is 0 Å². The number of carbonyl (C=O) groups is 1. The van der Waals surface area contributed by atoms with Crippen LogP contribution in [0.2, 0.25) is 0 Å². The standard InChI is InChI=1S/C16H23N3O2S/c1-11-13(12(2)21-18-11)7-8-16(20)17-10-14(19(3)4)15-6-5-9-22-15/h5-6,9,14H,7-8,10H2,1-4H3,(H,17,20)/t14-/m0/s1. The molecular formula is C16H23N3O2S. The topological polar surface area (TPSA) is 58.4 Å². The third-order valence-electron chi connectivity index (χ3n) is 3.77. The first kappa shape index (κ1) is 16.7. The molecular weight excluding hydrogens is 298 g/mol. The van der Waals surface area contributed by atoms with E-state index in [2.05, 4.69) is 26.8 Å². The maximum atomic E-state index is 12.1. The summed E-state index contributed by atoms with van der Waals surface area (Å²) in [5.41, 5.74) is 1.91. The van der Waals surface area contributed by atoms with Gasteiger partial charge in [0.2, 0.25) is 5.91 Å². The second-order valence-corrected chi connectivity index (χ2v) is 6.58. The van der Waals surface area contributed by atoms with E-state index >= 15 is 0 Å². The van der Waals surface area contributed by atoms with Gasteiger partial charge in [0.1, 0.15) is 5.76 Å². The largest absolute Gasteiger partial charge is 0.361 e. The van der Waals surface area contributed by atoms with Crippen LogP contribution >= 0.6 is 11.3 Å². The number of rotatable bonds is 7. The van der Waals surface area contributed by atoms with E-state index in [0.29, 0.717) is 19.4 Å². The van der Waals surface area contributed by atoms with Crippen LogP contribution in [0.25, 0.3) is 0 Å². The lowest BCUT2D eigenvalue weighted by Crippen LogP contribution is -2.34. The fourth-order valence-electron chi connectivity index (χ4n) is 2.41. The van der Waals surface area contributed by atoms with Gasteiger partial charge in [-0.25, -0.2) is 0 Å². The first-order valence-electron chi connectivity index (χ1n) is 7.37. The van der Waals surface area contributed by atoms with E-state index in [9.17, 15) is 4.79 Å². The fourth-order valence-corrected chi connectivity index (χ4v) is 3.34. The molecule has 120 valence electrons. The monoisotopic (exact) mass is 321 g/mol. The normalized spacial score (nSPS) is 12.6. The molecule has 0 unspecified atom stereocenters. The molecule has 0 bridgehead atoms. The Bertz CT molecular complexity index is 585. The Balaban J connectivity index is 1.84. The number of amides is 1. The molecule has 0 saturated carbocycles. The third kappa shape index (κ3) is 4.18. The van der Waals surface area contributed by atoms with Crippen LogP contribution in [0, 0.1) is 13.8 Å². The molecule has 22 heavy (non-hydrogen) atoms. The Morgan fingerprint density at radius 3 is 2.77 bits per heavy atom. The van der Waals surface area contributed by atoms with Gasteiger partial charge in [-0.3, -0.25) is 4.79 Å². The Labute approximate surface area is 135 Å². The maximum Gasteiger partial charge on any atom is 0.220 e. The second kappa shape index (κ2) is 7.56. The number of thiophene rings is 1. The molecule has 2 aromatic rings. The Hall–Kier alpha value is -1.66. The lowest BCUT2D eigenvalue weighted by molar-refractivity contribution is -0.121. The molecule has 0 saturated heterocycles. The highest BCUT2D eigenvalue weighted by molar-refractivity contribution is 7.10. The molecule has 0 aromatic carbocycles. The lowest BCUT2D eigenvalue weighted by atomic mass is 10.1. The van der Waals surface area contributed by atoms with Crippen LogP contribution < -0.4 is 5.32 Å². The summed E-state index contributed by atoms with van der Waals surface area (Å²) in [6, 6.07) is 4.35. The van der Waals surface area contributed by atoms with Gasteiger partial charge in [-0.2, -0.15) is 0 Å². The quantitative estimate of drug-likeness (QED) is 0.852. The van der Waals surface area contributed by atoms with Crippen molar-refractivity contribution in [3.8, 4) is 0 Å². The maximum absolute atomic E-state index is 12.1. The van der Waals surface area contributed by atoms with Gasteiger partial charge < -0.3 is 14.7 Å². The smallest absolute Gasteiger partial charge is 0.220 e. The number of hydrogen-bond donors (Lipinski definition) is 1. The number of nitrogens with zero attached hydrogens (tertiary/aromatic N) is 2. The van der Waals surface area contributed by atoms with Crippen molar-refractivity contribution < 1.29 is 9.32 Å². The molecule has 6 heteroatoms. The van der Waals surface area contributed by atoms with Crippen LogP contribution in [-0.2, 0) is 11.2 Å². The number of hydrogen-bond acceptors (Lipinski definition) is 5. The predicted molar refractivity (Wildman–Crippen MR) is 88.1 cm³/mol. The minimum atomic E-state index is 0.0587. The number of nitrogens with one attached hydrogen (secondary N) is 1. The molecule has 0 aliphatic heterocycles. The summed E-state index contributed by atoms with van der Waals surface area (Å²) in [7, 11) is 4.06. The SMILES string of the molecule is Cc1noc(C)c1CCC(=O)NC[C@@H](c1cccs1)N(C)C. The summed E-state index contributed by atoms with van der Waals surface area (Å²) in [6.07, 6.45) is 1.12. The van der Waals surface area contributed by atoms with Gasteiger partial charge in [0.25, 0.3) is 0 Å². The van der Waals surface area contributed by atoms with Crippen LogP contribution in [0.1, 0.15) is 34.4 Å². The molecule has 0 aliphatic rings. The number of likely N-dealkylation sites (N-methyl/N-ethyl adjacent to an activating group) is 1. The zero-order valence-corrected chi connectivity index (χ0v) is 14.4. The van der Waals surface area contributed by atoms with Gasteiger partial charge >= 0.3 is 0 Å². The Morgan fingerprint density at radius 1 is 1.45 bits per heavy atom. The van der Waals surface area contributed by atoms with Crippen molar-refractivity contribution in [2.45, 2.75) is 32.7 Å². The van der Waals surface area contributed by atoms with Crippen LogP contribution in [0.5, 0.6) is 0 Å². The van der Waals surface area contributed by atoms with E-state index in [1.807, 2.05) is 34.0 Å². The zero-order chi connectivity index (χ0) is 16.1. The van der Waals surface area contributed by atoms with Crippen molar-refractivity contribution in [3.05, 3.63) is 39.4 Å². The second-order valence-electron chi connectivity index (χ2n) is 5.60. The van der Waals surface area contributed by atoms with Crippen LogP contribution in [0.15, 0.2) is 22.0 Å². The highest BCUT2D eigenvalue weighted by atomic mass is 32.1. The summed E-state index contributed by atoms with van der Waals surface area (Å²) in [5.74, 6) is 0.860. The molecule has 0 fully saturated rings. The summed E-state index contributed by atoms with van der Waals surface area (Å²) in [5, 5.41) is 9.00. The van der Waals surface area contributed by atoms with E-state index in [-0.39, 0.29) is 11.9 Å². The first-order chi connectivity index (χ1) is 10.5. The minimum absolute atomic E-state index is 0.0587. The molecule has 1 N–H and O–H groups in total. The van der Waals surface area contributed by atoms with E-state index in [0.717, 1.165) is 17.0 Å². The van der Waals surface area contributed by atoms with Gasteiger partial charge in [-0.15, -0.1) is 11.3 Å². The number of carbonyl (C=O) groups excluding carboxylic acids is 1. The van der Waals surface area contributed by atoms with Crippen LogP contribution in [0.4, 0.5) is 0 Å². The zero-order valence-electron chi connectivity index (χ0n) is 13.5. The van der Waals surface area contributed by atoms with Crippen molar-refractivity contribution in [2.75, 3.05) is 20.6 Å². The van der Waals surface area contributed by atoms with Crippen molar-refractivity contribution in [2.24, 2.45) is 0 Å². The summed E-state index contributed by atoms with van der Waals surface area (Å²) < 4.78 is 5.12. The van der Waals surface area contributed by atoms with Crippen molar-refractivity contribution in [3.63, 3.8) is 0 Å². The molecule has 0 aliphatic carbocycles. The van der Waals surface area contributed by atoms with E-state index in [1.54, 1.807) is 11.3 Å². The van der Waals surface area contributed by atoms with Gasteiger partial charge in [-0.1, -0.05) is 11.2 Å². The lowest BCUT2D eigenvalue weighted by Gasteiger charge is -2.23. The van der Waals surface area contributed by atoms with Crippen molar-refractivity contribution in [1.82, 2.24) is 15.4 Å². The van der Waals surface area contributed by atoms with Crippen LogP contribution in [0.3, 0.4) is 0 Å². The van der Waals surface area contributed by atoms with Crippen molar-refractivity contribution in [1.29, 1.82) is 0 Å². The number of aromatic nitrogens is 1. The predicted octanol–water partition coefficient (Wildman–Crippen LogP) is 2.70. The molecule has 0 spiro atoms. The average molecular weight is 321 g/mol. The Morgan fingerprint density at radius 2 is 2.23 bits per heavy atom. The van der Waals surface area contributed by atoms with Gasteiger partial charge in [0, 0.05) is 23.4 Å². The van der Waals surface area contributed by atoms with E-state index in [4.69, 9.17) is 4.52 Å². The molecule has 2 heterocycles. The molecule has 1 atom stereocenters. The highest BCUT2D eigenvalue weighted by Crippen LogP contribution is 2.22. The van der Waals surface area contributed by atoms with Crippen molar-refractivity contribution >= 4 is 17.2 Å². The van der Waals surface area contributed by atoms with Crippen LogP contribution in [-0.4, -0.2) is 36.6 Å². The average Bonchev–Trinajstić information content (AvgIpc) is 3.08. The Kier molecular flexibility index (Phi) is 5.74. The number of aryl methyl sites for hydroxylation is 2. The third-order valence-corrected chi connectivity index (χ3v) is 4.74. The first-order valence-corrected chi connectivity index (χ1v) is 8.25.